The summed E-state index contributed by atoms with van der Waals surface area (Å²) in [6.07, 6.45) is 1.48. The van der Waals surface area contributed by atoms with E-state index in [1.165, 1.54) is 17.5 Å². The first kappa shape index (κ1) is 14.1. The molecule has 0 saturated carbocycles. The highest BCUT2D eigenvalue weighted by Crippen LogP contribution is 2.15. The van der Waals surface area contributed by atoms with Gasteiger partial charge in [-0.05, 0) is 30.2 Å². The van der Waals surface area contributed by atoms with Crippen LogP contribution in [0.5, 0.6) is 5.75 Å². The van der Waals surface area contributed by atoms with E-state index in [0.717, 1.165) is 11.3 Å². The molecular weight excluding hydrogens is 276 g/mol. The molecule has 1 aromatic heterocycles. The number of benzene rings is 2. The van der Waals surface area contributed by atoms with Gasteiger partial charge in [-0.25, -0.2) is 10.1 Å². The number of ether oxygens (including phenoxy) is 1. The maximum absolute atomic E-state index is 5.80. The zero-order valence-corrected chi connectivity index (χ0v) is 12.4. The highest BCUT2D eigenvalue weighted by atomic mass is 16.5. The Morgan fingerprint density at radius 2 is 1.95 bits per heavy atom. The average molecular weight is 294 g/mol. The monoisotopic (exact) mass is 294 g/mol. The summed E-state index contributed by atoms with van der Waals surface area (Å²) in [5, 5.41) is 9.71. The Bertz CT molecular complexity index is 708. The van der Waals surface area contributed by atoms with Crippen LogP contribution in [0.1, 0.15) is 16.7 Å². The summed E-state index contributed by atoms with van der Waals surface area (Å²) in [5.41, 5.74) is 3.57. The van der Waals surface area contributed by atoms with Crippen molar-refractivity contribution in [1.29, 1.82) is 0 Å². The van der Waals surface area contributed by atoms with Crippen molar-refractivity contribution in [2.24, 2.45) is 0 Å². The zero-order valence-electron chi connectivity index (χ0n) is 12.4. The first-order valence-electron chi connectivity index (χ1n) is 7.16. The number of aromatic nitrogens is 3. The minimum atomic E-state index is 0.581. The Hall–Kier alpha value is -2.82. The Kier molecular flexibility index (Phi) is 4.34. The van der Waals surface area contributed by atoms with E-state index < -0.39 is 0 Å². The lowest BCUT2D eigenvalue weighted by Gasteiger charge is -2.08. The normalized spacial score (nSPS) is 10.4. The standard InChI is InChI=1S/C17H18N4O/c1-13-3-2-4-15(9-13)11-22-16-7-5-14(6-8-16)10-18-17-19-12-20-21-17/h2-9,12H,10-11H2,1H3,(H2,18,19,20,21). The highest BCUT2D eigenvalue weighted by molar-refractivity contribution is 5.31. The van der Waals surface area contributed by atoms with Gasteiger partial charge in [0.2, 0.25) is 5.95 Å². The number of hydrogen-bond donors (Lipinski definition) is 2. The van der Waals surface area contributed by atoms with Crippen molar-refractivity contribution in [1.82, 2.24) is 15.2 Å². The summed E-state index contributed by atoms with van der Waals surface area (Å²) in [7, 11) is 0. The molecule has 3 rings (SSSR count). The van der Waals surface area contributed by atoms with E-state index >= 15 is 0 Å². The number of aromatic amines is 1. The highest BCUT2D eigenvalue weighted by Gasteiger charge is 1.99. The minimum absolute atomic E-state index is 0.581. The van der Waals surface area contributed by atoms with Gasteiger partial charge in [-0.2, -0.15) is 5.10 Å². The van der Waals surface area contributed by atoms with Gasteiger partial charge in [0.05, 0.1) is 0 Å². The van der Waals surface area contributed by atoms with Crippen LogP contribution in [0, 0.1) is 6.92 Å². The molecule has 5 heteroatoms. The van der Waals surface area contributed by atoms with Crippen molar-refractivity contribution in [3.63, 3.8) is 0 Å². The number of anilines is 1. The molecule has 0 aliphatic heterocycles. The number of rotatable bonds is 6. The second-order valence-corrected chi connectivity index (χ2v) is 5.11. The van der Waals surface area contributed by atoms with Gasteiger partial charge in [0.15, 0.2) is 0 Å². The third-order valence-corrected chi connectivity index (χ3v) is 3.29. The van der Waals surface area contributed by atoms with Gasteiger partial charge in [0.1, 0.15) is 18.7 Å². The third kappa shape index (κ3) is 3.85. The van der Waals surface area contributed by atoms with Gasteiger partial charge in [-0.1, -0.05) is 42.0 Å². The van der Waals surface area contributed by atoms with E-state index in [0.29, 0.717) is 19.1 Å². The van der Waals surface area contributed by atoms with Crippen LogP contribution in [0.2, 0.25) is 0 Å². The van der Waals surface area contributed by atoms with Gasteiger partial charge < -0.3 is 10.1 Å². The van der Waals surface area contributed by atoms with Crippen LogP contribution in [-0.4, -0.2) is 15.2 Å². The molecule has 22 heavy (non-hydrogen) atoms. The van der Waals surface area contributed by atoms with Crippen LogP contribution in [-0.2, 0) is 13.2 Å². The minimum Gasteiger partial charge on any atom is -0.489 e. The third-order valence-electron chi connectivity index (χ3n) is 3.29. The van der Waals surface area contributed by atoms with Crippen LogP contribution < -0.4 is 10.1 Å². The van der Waals surface area contributed by atoms with Gasteiger partial charge >= 0.3 is 0 Å². The maximum atomic E-state index is 5.80. The first-order chi connectivity index (χ1) is 10.8. The SMILES string of the molecule is Cc1cccc(COc2ccc(CNc3ncn[nH]3)cc2)c1. The molecule has 3 aromatic rings. The van der Waals surface area contributed by atoms with Crippen molar-refractivity contribution in [3.05, 3.63) is 71.5 Å². The van der Waals surface area contributed by atoms with E-state index in [4.69, 9.17) is 4.74 Å². The second-order valence-electron chi connectivity index (χ2n) is 5.11. The summed E-state index contributed by atoms with van der Waals surface area (Å²) >= 11 is 0. The Morgan fingerprint density at radius 1 is 1.09 bits per heavy atom. The molecule has 2 N–H and O–H groups in total. The largest absolute Gasteiger partial charge is 0.489 e. The van der Waals surface area contributed by atoms with Gasteiger partial charge in [0, 0.05) is 6.54 Å². The Labute approximate surface area is 129 Å². The van der Waals surface area contributed by atoms with E-state index in [1.807, 2.05) is 30.3 Å². The fourth-order valence-corrected chi connectivity index (χ4v) is 2.15. The zero-order chi connectivity index (χ0) is 15.2. The molecule has 5 nitrogen and oxygen atoms in total. The van der Waals surface area contributed by atoms with E-state index in [1.54, 1.807) is 0 Å². The average Bonchev–Trinajstić information content (AvgIpc) is 3.05. The summed E-state index contributed by atoms with van der Waals surface area (Å²) in [6, 6.07) is 16.4. The topological polar surface area (TPSA) is 62.8 Å². The van der Waals surface area contributed by atoms with Crippen LogP contribution in [0.3, 0.4) is 0 Å². The quantitative estimate of drug-likeness (QED) is 0.732. The molecule has 0 aliphatic rings. The van der Waals surface area contributed by atoms with E-state index in [2.05, 4.69) is 45.6 Å². The smallest absolute Gasteiger partial charge is 0.218 e. The molecule has 0 spiro atoms. The van der Waals surface area contributed by atoms with Crippen LogP contribution in [0.4, 0.5) is 5.95 Å². The number of hydrogen-bond acceptors (Lipinski definition) is 4. The molecule has 0 aliphatic carbocycles. The van der Waals surface area contributed by atoms with E-state index in [-0.39, 0.29) is 0 Å². The molecule has 0 fully saturated rings. The van der Waals surface area contributed by atoms with Gasteiger partial charge in [-0.15, -0.1) is 0 Å². The predicted octanol–water partition coefficient (Wildman–Crippen LogP) is 3.30. The van der Waals surface area contributed by atoms with Crippen molar-refractivity contribution in [3.8, 4) is 5.75 Å². The van der Waals surface area contributed by atoms with Crippen LogP contribution in [0.15, 0.2) is 54.9 Å². The molecule has 2 aromatic carbocycles. The lowest BCUT2D eigenvalue weighted by Crippen LogP contribution is -2.01. The number of aryl methyl sites for hydroxylation is 1. The Balaban J connectivity index is 1.53. The van der Waals surface area contributed by atoms with Gasteiger partial charge in [-0.3, -0.25) is 0 Å². The molecule has 0 saturated heterocycles. The van der Waals surface area contributed by atoms with Crippen LogP contribution >= 0.6 is 0 Å². The molecule has 0 radical (unpaired) electrons. The summed E-state index contributed by atoms with van der Waals surface area (Å²) in [5.74, 6) is 1.53. The first-order valence-corrected chi connectivity index (χ1v) is 7.16. The van der Waals surface area contributed by atoms with Crippen molar-refractivity contribution < 1.29 is 4.74 Å². The fourth-order valence-electron chi connectivity index (χ4n) is 2.15. The fraction of sp³-hybridized carbons (Fsp3) is 0.176. The molecule has 1 heterocycles. The van der Waals surface area contributed by atoms with Crippen molar-refractivity contribution in [2.45, 2.75) is 20.1 Å². The molecular formula is C17H18N4O. The van der Waals surface area contributed by atoms with E-state index in [9.17, 15) is 0 Å². The number of nitrogens with zero attached hydrogens (tertiary/aromatic N) is 2. The lowest BCUT2D eigenvalue weighted by atomic mass is 10.1. The molecule has 0 unspecified atom stereocenters. The van der Waals surface area contributed by atoms with Gasteiger partial charge in [0.25, 0.3) is 0 Å². The van der Waals surface area contributed by atoms with Crippen molar-refractivity contribution >= 4 is 5.95 Å². The summed E-state index contributed by atoms with van der Waals surface area (Å²) in [6.45, 7) is 3.35. The number of H-pyrrole nitrogens is 1. The maximum Gasteiger partial charge on any atom is 0.218 e. The molecule has 0 amide bonds. The Morgan fingerprint density at radius 3 is 2.68 bits per heavy atom. The second kappa shape index (κ2) is 6.76. The summed E-state index contributed by atoms with van der Waals surface area (Å²) in [4.78, 5) is 4.02. The van der Waals surface area contributed by atoms with Crippen molar-refractivity contribution in [2.75, 3.05) is 5.32 Å². The predicted molar refractivity (Wildman–Crippen MR) is 85.7 cm³/mol. The number of nitrogens with one attached hydrogen (secondary N) is 2. The molecule has 112 valence electrons. The summed E-state index contributed by atoms with van der Waals surface area (Å²) < 4.78 is 5.80. The van der Waals surface area contributed by atoms with Crippen LogP contribution in [0.25, 0.3) is 0 Å². The molecule has 0 atom stereocenters. The lowest BCUT2D eigenvalue weighted by molar-refractivity contribution is 0.306. The molecule has 0 bridgehead atoms.